The predicted molar refractivity (Wildman–Crippen MR) is 117 cm³/mol. The van der Waals surface area contributed by atoms with Crippen LogP contribution in [0.5, 0.6) is 0 Å². The lowest BCUT2D eigenvalue weighted by atomic mass is 9.83. The fourth-order valence-corrected chi connectivity index (χ4v) is 4.47. The van der Waals surface area contributed by atoms with Crippen LogP contribution in [0, 0.1) is 20.5 Å². The summed E-state index contributed by atoms with van der Waals surface area (Å²) in [5.74, 6) is -1.93. The number of hydroxylamine groups is 6. The van der Waals surface area contributed by atoms with E-state index in [1.165, 1.54) is 37.3 Å². The SMILES string of the molecule is C=CC[N+]1([O-])C(=O)C(Cc2ccccc2[N+](=O)[O-])[N+](C)([O-])C(=O)C1(C)Cc1ccccc1. The highest BCUT2D eigenvalue weighted by Gasteiger charge is 2.67. The van der Waals surface area contributed by atoms with E-state index in [4.69, 9.17) is 0 Å². The number of hydrogen-bond acceptors (Lipinski definition) is 6. The van der Waals surface area contributed by atoms with Gasteiger partial charge in [-0.25, -0.2) is 9.59 Å². The molecule has 9 heteroatoms. The highest BCUT2D eigenvalue weighted by molar-refractivity contribution is 5.90. The lowest BCUT2D eigenvalue weighted by Crippen LogP contribution is -2.82. The number of amides is 2. The monoisotopic (exact) mass is 439 g/mol. The number of carbonyl (C=O) groups excluding carboxylic acids is 2. The van der Waals surface area contributed by atoms with E-state index in [0.717, 1.165) is 7.05 Å². The summed E-state index contributed by atoms with van der Waals surface area (Å²) in [6.07, 6.45) is 0.747. The molecule has 0 spiro atoms. The number of nitrogens with zero attached hydrogens (tertiary/aromatic N) is 3. The molecule has 1 saturated heterocycles. The van der Waals surface area contributed by atoms with Crippen LogP contribution in [0.3, 0.4) is 0 Å². The van der Waals surface area contributed by atoms with Gasteiger partial charge in [-0.1, -0.05) is 55.1 Å². The van der Waals surface area contributed by atoms with Crippen LogP contribution in [0.25, 0.3) is 0 Å². The summed E-state index contributed by atoms with van der Waals surface area (Å²) in [6, 6.07) is 12.7. The predicted octanol–water partition coefficient (Wildman–Crippen LogP) is 3.02. The first-order valence-corrected chi connectivity index (χ1v) is 10.1. The highest BCUT2D eigenvalue weighted by atomic mass is 16.6. The Kier molecular flexibility index (Phi) is 6.12. The second-order valence-corrected chi connectivity index (χ2v) is 8.39. The first kappa shape index (κ1) is 23.4. The Balaban J connectivity index is 2.11. The molecule has 2 aromatic rings. The number of nitro groups is 1. The zero-order valence-electron chi connectivity index (χ0n) is 18.0. The molecule has 9 nitrogen and oxygen atoms in total. The van der Waals surface area contributed by atoms with Crippen molar-refractivity contribution in [2.75, 3.05) is 13.6 Å². The number of piperazine rings is 1. The molecule has 32 heavy (non-hydrogen) atoms. The molecule has 2 amide bonds. The van der Waals surface area contributed by atoms with E-state index in [-0.39, 0.29) is 17.7 Å². The molecular weight excluding hydrogens is 414 g/mol. The van der Waals surface area contributed by atoms with Gasteiger partial charge in [0.2, 0.25) is 11.6 Å². The standard InChI is InChI=1S/C23H25N3O6/c1-4-14-26(32)21(27)20(15-18-12-8-9-13-19(18)24(29)30)25(3,31)22(28)23(26,2)16-17-10-6-5-7-11-17/h4-13,20H,1,14-16H2,2-3H3. The number of benzene rings is 2. The Morgan fingerprint density at radius 2 is 1.69 bits per heavy atom. The number of hydrogen-bond donors (Lipinski definition) is 0. The van der Waals surface area contributed by atoms with Gasteiger partial charge in [0.15, 0.2) is 0 Å². The summed E-state index contributed by atoms with van der Waals surface area (Å²) >= 11 is 0. The Bertz CT molecular complexity index is 1070. The van der Waals surface area contributed by atoms with Gasteiger partial charge in [0.1, 0.15) is 6.54 Å². The van der Waals surface area contributed by atoms with Crippen molar-refractivity contribution in [3.63, 3.8) is 0 Å². The van der Waals surface area contributed by atoms with Gasteiger partial charge in [0.05, 0.1) is 12.0 Å². The molecule has 0 radical (unpaired) electrons. The number of nitro benzene ring substituents is 1. The van der Waals surface area contributed by atoms with Crippen LogP contribution in [0.4, 0.5) is 5.69 Å². The average molecular weight is 439 g/mol. The number of quaternary nitrogens is 2. The van der Waals surface area contributed by atoms with Crippen molar-refractivity contribution in [1.82, 2.24) is 0 Å². The van der Waals surface area contributed by atoms with Gasteiger partial charge in [-0.05, 0) is 11.6 Å². The molecule has 0 aliphatic carbocycles. The third kappa shape index (κ3) is 3.65. The van der Waals surface area contributed by atoms with Crippen LogP contribution in [-0.2, 0) is 22.4 Å². The maximum atomic E-state index is 14.0. The molecule has 1 fully saturated rings. The first-order valence-electron chi connectivity index (χ1n) is 10.1. The van der Waals surface area contributed by atoms with Gasteiger partial charge in [-0.2, -0.15) is 0 Å². The molecule has 2 aromatic carbocycles. The van der Waals surface area contributed by atoms with Gasteiger partial charge in [-0.3, -0.25) is 19.4 Å². The van der Waals surface area contributed by atoms with E-state index in [1.807, 2.05) is 0 Å². The topological polar surface area (TPSA) is 123 Å². The van der Waals surface area contributed by atoms with E-state index in [0.29, 0.717) is 5.56 Å². The summed E-state index contributed by atoms with van der Waals surface area (Å²) in [6.45, 7) is 4.50. The maximum absolute atomic E-state index is 14.0. The number of rotatable bonds is 7. The molecule has 4 atom stereocenters. The molecule has 0 saturated carbocycles. The minimum absolute atomic E-state index is 0.107. The summed E-state index contributed by atoms with van der Waals surface area (Å²) in [4.78, 5) is 37.9. The van der Waals surface area contributed by atoms with Gasteiger partial charge >= 0.3 is 11.8 Å². The molecule has 0 aromatic heterocycles. The quantitative estimate of drug-likeness (QED) is 0.215. The minimum Gasteiger partial charge on any atom is -0.625 e. The van der Waals surface area contributed by atoms with E-state index >= 15 is 0 Å². The Labute approximate surface area is 185 Å². The van der Waals surface area contributed by atoms with Crippen LogP contribution in [0.2, 0.25) is 0 Å². The summed E-state index contributed by atoms with van der Waals surface area (Å²) in [5, 5.41) is 39.0. The molecule has 0 bridgehead atoms. The zero-order valence-corrected chi connectivity index (χ0v) is 18.0. The first-order chi connectivity index (χ1) is 15.0. The van der Waals surface area contributed by atoms with Gasteiger partial charge in [0, 0.05) is 31.4 Å². The van der Waals surface area contributed by atoms with Crippen molar-refractivity contribution in [3.05, 3.63) is 98.9 Å². The lowest BCUT2D eigenvalue weighted by Gasteiger charge is -2.60. The fourth-order valence-electron chi connectivity index (χ4n) is 4.47. The normalized spacial score (nSPS) is 30.2. The maximum Gasteiger partial charge on any atom is 0.376 e. The Morgan fingerprint density at radius 3 is 2.28 bits per heavy atom. The largest absolute Gasteiger partial charge is 0.625 e. The number of para-hydroxylation sites is 1. The lowest BCUT2D eigenvalue weighted by molar-refractivity contribution is -0.913. The number of likely N-dealkylation sites (N-methyl/N-ethyl adjacent to an activating group) is 1. The summed E-state index contributed by atoms with van der Waals surface area (Å²) < 4.78 is -3.20. The molecule has 1 aliphatic heterocycles. The molecule has 3 rings (SSSR count). The van der Waals surface area contributed by atoms with Gasteiger partial charge in [-0.15, -0.1) is 0 Å². The van der Waals surface area contributed by atoms with Crippen LogP contribution in [0.15, 0.2) is 67.3 Å². The molecule has 0 N–H and O–H groups in total. The highest BCUT2D eigenvalue weighted by Crippen LogP contribution is 2.41. The van der Waals surface area contributed by atoms with Crippen molar-refractivity contribution in [2.24, 2.45) is 0 Å². The van der Waals surface area contributed by atoms with E-state index in [9.17, 15) is 30.1 Å². The van der Waals surface area contributed by atoms with E-state index in [2.05, 4.69) is 6.58 Å². The molecular formula is C23H25N3O6. The molecule has 168 valence electrons. The second kappa shape index (κ2) is 8.36. The molecule has 4 unspecified atom stereocenters. The average Bonchev–Trinajstić information content (AvgIpc) is 2.76. The second-order valence-electron chi connectivity index (χ2n) is 8.39. The van der Waals surface area contributed by atoms with E-state index < -0.39 is 50.6 Å². The van der Waals surface area contributed by atoms with Crippen LogP contribution in [-0.4, -0.2) is 51.2 Å². The Hall–Kier alpha value is -3.24. The van der Waals surface area contributed by atoms with Crippen molar-refractivity contribution < 1.29 is 23.8 Å². The van der Waals surface area contributed by atoms with Crippen molar-refractivity contribution in [1.29, 1.82) is 0 Å². The Morgan fingerprint density at radius 1 is 1.09 bits per heavy atom. The fraction of sp³-hybridized carbons (Fsp3) is 0.304. The summed E-state index contributed by atoms with van der Waals surface area (Å²) in [7, 11) is 1.04. The summed E-state index contributed by atoms with van der Waals surface area (Å²) in [5.41, 5.74) is -1.42. The molecule has 1 heterocycles. The minimum atomic E-state index is -1.89. The van der Waals surface area contributed by atoms with Gasteiger partial charge < -0.3 is 10.4 Å². The van der Waals surface area contributed by atoms with E-state index in [1.54, 1.807) is 30.3 Å². The van der Waals surface area contributed by atoms with Crippen LogP contribution < -0.4 is 0 Å². The van der Waals surface area contributed by atoms with Crippen LogP contribution in [0.1, 0.15) is 18.1 Å². The third-order valence-corrected chi connectivity index (χ3v) is 6.28. The van der Waals surface area contributed by atoms with Gasteiger partial charge in [0.25, 0.3) is 5.69 Å². The van der Waals surface area contributed by atoms with Crippen LogP contribution >= 0.6 is 0 Å². The smallest absolute Gasteiger partial charge is 0.376 e. The zero-order chi connectivity index (χ0) is 23.7. The van der Waals surface area contributed by atoms with Crippen molar-refractivity contribution in [2.45, 2.75) is 31.3 Å². The van der Waals surface area contributed by atoms with Crippen molar-refractivity contribution in [3.8, 4) is 0 Å². The number of carbonyl (C=O) groups is 2. The molecule has 1 aliphatic rings. The third-order valence-electron chi connectivity index (χ3n) is 6.28. The van der Waals surface area contributed by atoms with Crippen molar-refractivity contribution >= 4 is 17.5 Å².